The molecule has 0 radical (unpaired) electrons. The van der Waals surface area contributed by atoms with Gasteiger partial charge in [-0.3, -0.25) is 9.69 Å². The van der Waals surface area contributed by atoms with Crippen LogP contribution in [0.2, 0.25) is 0 Å². The molecule has 7 rings (SSSR count). The van der Waals surface area contributed by atoms with Gasteiger partial charge in [0.05, 0.1) is 29.4 Å². The zero-order valence-electron chi connectivity index (χ0n) is 28.8. The number of nitrogens with one attached hydrogen (secondary N) is 1. The Labute approximate surface area is 303 Å². The van der Waals surface area contributed by atoms with Crippen molar-refractivity contribution in [1.82, 2.24) is 19.8 Å². The zero-order valence-corrected chi connectivity index (χ0v) is 29.6. The second-order valence-corrected chi connectivity index (χ2v) is 13.7. The molecule has 3 aliphatic heterocycles. The van der Waals surface area contributed by atoms with Crippen molar-refractivity contribution in [3.8, 4) is 23.2 Å². The number of amides is 1. The largest absolute Gasteiger partial charge is 0.467 e. The maximum Gasteiger partial charge on any atom is 0.417 e. The molecule has 53 heavy (non-hydrogen) atoms. The van der Waals surface area contributed by atoms with Gasteiger partial charge in [-0.1, -0.05) is 6.07 Å². The molecule has 18 heteroatoms. The van der Waals surface area contributed by atoms with Gasteiger partial charge in [-0.15, -0.1) is 11.3 Å². The molecule has 0 spiro atoms. The number of carbonyl (C=O) groups is 1. The van der Waals surface area contributed by atoms with Gasteiger partial charge >= 0.3 is 12.2 Å². The molecule has 2 aromatic carbocycles. The maximum absolute atomic E-state index is 15.9. The number of hydrogen-bond acceptors (Lipinski definition) is 9. The number of carbonyl (C=O) groups excluding carboxylic acids is 1. The molecule has 3 saturated heterocycles. The predicted molar refractivity (Wildman–Crippen MR) is 186 cm³/mol. The number of methoxy groups -OCH3 is 1. The third kappa shape index (κ3) is 8.67. The number of nitrogens with two attached hydrogens (primary N) is 1. The summed E-state index contributed by atoms with van der Waals surface area (Å²) in [5.74, 6) is -2.56. The Morgan fingerprint density at radius 2 is 1.89 bits per heavy atom. The fourth-order valence-electron chi connectivity index (χ4n) is 6.85. The van der Waals surface area contributed by atoms with Crippen LogP contribution in [0, 0.1) is 23.0 Å². The lowest BCUT2D eigenvalue weighted by Gasteiger charge is -2.18. The van der Waals surface area contributed by atoms with Crippen LogP contribution in [0.1, 0.15) is 56.6 Å². The number of thiophene rings is 1. The van der Waals surface area contributed by atoms with E-state index in [1.165, 1.54) is 24.9 Å². The van der Waals surface area contributed by atoms with Crippen LogP contribution in [0.4, 0.5) is 45.9 Å². The van der Waals surface area contributed by atoms with Gasteiger partial charge in [-0.25, -0.2) is 22.0 Å². The van der Waals surface area contributed by atoms with Gasteiger partial charge in [-0.2, -0.15) is 28.4 Å². The SMILES string of the molecule is CCNc1nc(OC)nc2c(F)c(-c3ccc(F)c4sc(N)c(C#N)c34)c(C(F)(F)F)cc12.FC1CC2CCCN2C1.O=C(CC(F)F)N1CCCC1. The van der Waals surface area contributed by atoms with Gasteiger partial charge in [0, 0.05) is 48.6 Å². The number of nitrogens with zero attached hydrogens (tertiary/aromatic N) is 5. The van der Waals surface area contributed by atoms with Crippen LogP contribution in [0.15, 0.2) is 18.2 Å². The van der Waals surface area contributed by atoms with Crippen LogP contribution in [0.3, 0.4) is 0 Å². The van der Waals surface area contributed by atoms with E-state index in [0.717, 1.165) is 44.0 Å². The molecular formula is C35H37F8N7O2S. The number of hydrogen-bond donors (Lipinski definition) is 2. The predicted octanol–water partition coefficient (Wildman–Crippen LogP) is 8.16. The fraction of sp³-hybridized carbons (Fsp3) is 0.486. The Hall–Kier alpha value is -4.50. The minimum Gasteiger partial charge on any atom is -0.467 e. The number of benzene rings is 2. The van der Waals surface area contributed by atoms with Crippen LogP contribution >= 0.6 is 11.3 Å². The first-order chi connectivity index (χ1) is 25.2. The maximum atomic E-state index is 15.9. The van der Waals surface area contributed by atoms with Crippen molar-refractivity contribution in [1.29, 1.82) is 5.26 Å². The van der Waals surface area contributed by atoms with Gasteiger partial charge in [0.25, 0.3) is 0 Å². The number of alkyl halides is 6. The number of aromatic nitrogens is 2. The van der Waals surface area contributed by atoms with E-state index in [0.29, 0.717) is 37.0 Å². The third-order valence-electron chi connectivity index (χ3n) is 9.19. The number of likely N-dealkylation sites (tertiary alicyclic amines) is 1. The molecule has 2 aromatic heterocycles. The standard InChI is InChI=1S/C21H14F5N5OS.C7H11F2NO.C7H12FN/c1-3-29-19-9-6-11(21(24,25)26)14(15(23)16(9)30-20(31-19)32-2)8-4-5-12(22)17-13(8)10(7-27)18(28)33-17;8-6(9)5-7(11)10-3-1-2-4-10;8-6-4-7-2-1-3-9(7)5-6/h4-6H,3,28H2,1-2H3,(H,29,30,31);6H,1-5H2;6-7H,1-5H2. The van der Waals surface area contributed by atoms with E-state index in [9.17, 15) is 40.8 Å². The molecule has 286 valence electrons. The molecule has 2 atom stereocenters. The lowest BCUT2D eigenvalue weighted by atomic mass is 9.92. The number of halogens is 8. The third-order valence-corrected chi connectivity index (χ3v) is 10.2. The van der Waals surface area contributed by atoms with E-state index >= 15 is 4.39 Å². The molecule has 4 aromatic rings. The number of anilines is 2. The highest BCUT2D eigenvalue weighted by molar-refractivity contribution is 7.23. The number of nitrogen functional groups attached to an aromatic ring is 1. The highest BCUT2D eigenvalue weighted by Crippen LogP contribution is 2.47. The second-order valence-electron chi connectivity index (χ2n) is 12.7. The molecule has 3 fully saturated rings. The molecular weight excluding hydrogens is 734 g/mol. The number of fused-ring (bicyclic) bond motifs is 3. The summed E-state index contributed by atoms with van der Waals surface area (Å²) in [5.41, 5.74) is 2.59. The average molecular weight is 772 g/mol. The van der Waals surface area contributed by atoms with Crippen molar-refractivity contribution in [3.05, 3.63) is 41.0 Å². The monoisotopic (exact) mass is 771 g/mol. The normalized spacial score (nSPS) is 18.4. The highest BCUT2D eigenvalue weighted by Gasteiger charge is 2.38. The van der Waals surface area contributed by atoms with Gasteiger partial charge in [0.2, 0.25) is 12.3 Å². The summed E-state index contributed by atoms with van der Waals surface area (Å²) >= 11 is 0.698. The summed E-state index contributed by atoms with van der Waals surface area (Å²) in [6, 6.07) is 4.75. The van der Waals surface area contributed by atoms with E-state index in [4.69, 9.17) is 10.5 Å². The lowest BCUT2D eigenvalue weighted by Crippen LogP contribution is -2.28. The Balaban J connectivity index is 0.000000217. The highest BCUT2D eigenvalue weighted by atomic mass is 32.1. The van der Waals surface area contributed by atoms with Crippen molar-refractivity contribution in [2.75, 3.05) is 50.9 Å². The molecule has 9 nitrogen and oxygen atoms in total. The summed E-state index contributed by atoms with van der Waals surface area (Å²) in [4.78, 5) is 22.6. The molecule has 2 unspecified atom stereocenters. The fourth-order valence-corrected chi connectivity index (χ4v) is 7.80. The van der Waals surface area contributed by atoms with Crippen LogP contribution in [0.5, 0.6) is 6.01 Å². The quantitative estimate of drug-likeness (QED) is 0.189. The zero-order chi connectivity index (χ0) is 38.6. The molecule has 5 heterocycles. The molecule has 0 saturated carbocycles. The van der Waals surface area contributed by atoms with Crippen LogP contribution < -0.4 is 15.8 Å². The first kappa shape index (κ1) is 39.7. The van der Waals surface area contributed by atoms with E-state index in [-0.39, 0.29) is 50.0 Å². The van der Waals surface area contributed by atoms with Crippen molar-refractivity contribution < 1.29 is 44.7 Å². The smallest absolute Gasteiger partial charge is 0.417 e. The van der Waals surface area contributed by atoms with E-state index < -0.39 is 59.4 Å². The second kappa shape index (κ2) is 16.7. The van der Waals surface area contributed by atoms with E-state index in [1.54, 1.807) is 13.0 Å². The molecule has 3 N–H and O–H groups in total. The molecule has 3 aliphatic rings. The molecule has 1 amide bonds. The topological polar surface area (TPSA) is 120 Å². The summed E-state index contributed by atoms with van der Waals surface area (Å²) in [5, 5.41) is 11.8. The molecule has 0 bridgehead atoms. The van der Waals surface area contributed by atoms with E-state index in [2.05, 4.69) is 20.2 Å². The summed E-state index contributed by atoms with van der Waals surface area (Å²) in [7, 11) is 1.23. The Morgan fingerprint density at radius 1 is 1.17 bits per heavy atom. The van der Waals surface area contributed by atoms with E-state index in [1.807, 2.05) is 0 Å². The number of rotatable bonds is 6. The Morgan fingerprint density at radius 3 is 2.49 bits per heavy atom. The minimum absolute atomic E-state index is 0.0444. The summed E-state index contributed by atoms with van der Waals surface area (Å²) in [6.07, 6.45) is -3.39. The van der Waals surface area contributed by atoms with Gasteiger partial charge in [0.1, 0.15) is 34.4 Å². The van der Waals surface area contributed by atoms with Gasteiger partial charge in [-0.05, 0) is 63.3 Å². The van der Waals surface area contributed by atoms with Crippen molar-refractivity contribution >= 4 is 49.1 Å². The van der Waals surface area contributed by atoms with Crippen LogP contribution in [-0.4, -0.2) is 84.1 Å². The van der Waals surface area contributed by atoms with Gasteiger partial charge < -0.3 is 20.7 Å². The van der Waals surface area contributed by atoms with Crippen molar-refractivity contribution in [2.24, 2.45) is 0 Å². The summed E-state index contributed by atoms with van der Waals surface area (Å²) in [6.45, 7) is 5.15. The number of ether oxygens (including phenoxy) is 1. The van der Waals surface area contributed by atoms with Crippen molar-refractivity contribution in [2.45, 2.75) is 70.3 Å². The molecule has 0 aliphatic carbocycles. The number of nitriles is 1. The lowest BCUT2D eigenvalue weighted by molar-refractivity contribution is -0.137. The minimum atomic E-state index is -5.00. The van der Waals surface area contributed by atoms with Crippen molar-refractivity contribution in [3.63, 3.8) is 0 Å². The Kier molecular flexibility index (Phi) is 12.5. The summed E-state index contributed by atoms with van der Waals surface area (Å²) < 4.78 is 114. The van der Waals surface area contributed by atoms with Crippen LogP contribution in [-0.2, 0) is 11.0 Å². The first-order valence-electron chi connectivity index (χ1n) is 16.9. The Bertz CT molecular complexity index is 1980. The van der Waals surface area contributed by atoms with Crippen LogP contribution in [0.25, 0.3) is 32.1 Å². The van der Waals surface area contributed by atoms with Gasteiger partial charge in [0.15, 0.2) is 5.82 Å². The average Bonchev–Trinajstić information content (AvgIpc) is 3.91. The first-order valence-corrected chi connectivity index (χ1v) is 17.7.